The van der Waals surface area contributed by atoms with Crippen LogP contribution in [0.3, 0.4) is 0 Å². The highest BCUT2D eigenvalue weighted by Crippen LogP contribution is 2.28. The molecular weight excluding hydrogens is 534 g/mol. The van der Waals surface area contributed by atoms with Crippen molar-refractivity contribution in [2.45, 2.75) is 57.5 Å². The van der Waals surface area contributed by atoms with Gasteiger partial charge in [-0.3, -0.25) is 13.9 Å². The molecule has 0 fully saturated rings. The fourth-order valence-electron chi connectivity index (χ4n) is 4.21. The van der Waals surface area contributed by atoms with Crippen molar-refractivity contribution in [1.82, 2.24) is 10.2 Å². The van der Waals surface area contributed by atoms with Crippen molar-refractivity contribution in [3.05, 3.63) is 95.0 Å². The van der Waals surface area contributed by atoms with Crippen LogP contribution in [0.25, 0.3) is 0 Å². The summed E-state index contributed by atoms with van der Waals surface area (Å²) in [6.07, 6.45) is 2.30. The summed E-state index contributed by atoms with van der Waals surface area (Å²) >= 11 is 6.41. The predicted molar refractivity (Wildman–Crippen MR) is 156 cm³/mol. The molecule has 1 atom stereocenters. The number of amides is 2. The average molecular weight is 570 g/mol. The molecule has 3 aromatic carbocycles. The Hall–Kier alpha value is -3.36. The number of sulfonamides is 1. The van der Waals surface area contributed by atoms with Crippen LogP contribution in [0.1, 0.15) is 44.7 Å². The van der Waals surface area contributed by atoms with Crippen LogP contribution in [-0.2, 0) is 32.6 Å². The SMILES string of the molecule is CCCCNC(=O)C(C)N(Cc1ccccc1Cl)C(=O)CN(c1ccccc1CC)S(=O)(=O)c1ccccc1. The van der Waals surface area contributed by atoms with E-state index in [9.17, 15) is 18.0 Å². The van der Waals surface area contributed by atoms with E-state index in [1.54, 1.807) is 61.5 Å². The minimum atomic E-state index is -4.10. The molecule has 3 aromatic rings. The normalized spacial score (nSPS) is 12.0. The third-order valence-electron chi connectivity index (χ3n) is 6.55. The second-order valence-corrected chi connectivity index (χ2v) is 11.5. The van der Waals surface area contributed by atoms with Crippen LogP contribution in [0.15, 0.2) is 83.8 Å². The van der Waals surface area contributed by atoms with Gasteiger partial charge >= 0.3 is 0 Å². The molecule has 0 aromatic heterocycles. The van der Waals surface area contributed by atoms with Gasteiger partial charge in [0.15, 0.2) is 0 Å². The number of para-hydroxylation sites is 1. The van der Waals surface area contributed by atoms with Gasteiger partial charge in [-0.2, -0.15) is 0 Å². The second kappa shape index (κ2) is 14.1. The van der Waals surface area contributed by atoms with E-state index in [-0.39, 0.29) is 17.3 Å². The summed E-state index contributed by atoms with van der Waals surface area (Å²) in [6.45, 7) is 5.66. The first-order valence-corrected chi connectivity index (χ1v) is 15.0. The van der Waals surface area contributed by atoms with Crippen molar-refractivity contribution < 1.29 is 18.0 Å². The van der Waals surface area contributed by atoms with E-state index in [0.29, 0.717) is 29.2 Å². The number of halogens is 1. The van der Waals surface area contributed by atoms with Crippen molar-refractivity contribution in [3.8, 4) is 0 Å². The highest BCUT2D eigenvalue weighted by atomic mass is 35.5. The van der Waals surface area contributed by atoms with Crippen LogP contribution in [-0.4, -0.2) is 44.3 Å². The maximum atomic E-state index is 14.0. The molecule has 0 saturated carbocycles. The van der Waals surface area contributed by atoms with Crippen molar-refractivity contribution in [1.29, 1.82) is 0 Å². The van der Waals surface area contributed by atoms with Gasteiger partial charge in [-0.1, -0.05) is 86.5 Å². The van der Waals surface area contributed by atoms with E-state index < -0.39 is 28.5 Å². The summed E-state index contributed by atoms with van der Waals surface area (Å²) in [5.41, 5.74) is 1.87. The quantitative estimate of drug-likeness (QED) is 0.278. The zero-order valence-electron chi connectivity index (χ0n) is 22.6. The molecule has 9 heteroatoms. The molecule has 1 N–H and O–H groups in total. The van der Waals surface area contributed by atoms with Gasteiger partial charge in [0.2, 0.25) is 11.8 Å². The van der Waals surface area contributed by atoms with E-state index in [1.807, 2.05) is 26.0 Å². The lowest BCUT2D eigenvalue weighted by molar-refractivity contribution is -0.139. The van der Waals surface area contributed by atoms with Gasteiger partial charge < -0.3 is 10.2 Å². The summed E-state index contributed by atoms with van der Waals surface area (Å²) in [7, 11) is -4.10. The first-order valence-electron chi connectivity index (χ1n) is 13.2. The van der Waals surface area contributed by atoms with E-state index in [2.05, 4.69) is 5.32 Å². The minimum Gasteiger partial charge on any atom is -0.354 e. The highest BCUT2D eigenvalue weighted by Gasteiger charge is 2.33. The van der Waals surface area contributed by atoms with Crippen molar-refractivity contribution in [2.24, 2.45) is 0 Å². The van der Waals surface area contributed by atoms with Crippen LogP contribution in [0.5, 0.6) is 0 Å². The third kappa shape index (κ3) is 7.61. The van der Waals surface area contributed by atoms with Crippen molar-refractivity contribution in [3.63, 3.8) is 0 Å². The summed E-state index contributed by atoms with van der Waals surface area (Å²) in [5.74, 6) is -0.825. The lowest BCUT2D eigenvalue weighted by Gasteiger charge is -2.32. The molecule has 0 aliphatic heterocycles. The Morgan fingerprint density at radius 1 is 0.897 bits per heavy atom. The molecule has 7 nitrogen and oxygen atoms in total. The number of aryl methyl sites for hydroxylation is 1. The molecule has 0 saturated heterocycles. The van der Waals surface area contributed by atoms with Crippen LogP contribution in [0.2, 0.25) is 5.02 Å². The zero-order chi connectivity index (χ0) is 28.4. The number of benzene rings is 3. The molecular formula is C30H36ClN3O4S. The molecule has 39 heavy (non-hydrogen) atoms. The standard InChI is InChI=1S/C30H36ClN3O4S/c1-4-6-20-32-30(36)23(3)33(21-25-15-10-12-18-27(25)31)29(35)22-34(28-19-13-11-14-24(28)5-2)39(37,38)26-16-8-7-9-17-26/h7-19,23H,4-6,20-22H2,1-3H3,(H,32,36). The van der Waals surface area contributed by atoms with Crippen LogP contribution >= 0.6 is 11.6 Å². The van der Waals surface area contributed by atoms with E-state index in [0.717, 1.165) is 22.7 Å². The average Bonchev–Trinajstić information content (AvgIpc) is 2.95. The maximum Gasteiger partial charge on any atom is 0.264 e. The molecule has 0 spiro atoms. The summed E-state index contributed by atoms with van der Waals surface area (Å²) in [4.78, 5) is 28.5. The lowest BCUT2D eigenvalue weighted by atomic mass is 10.1. The van der Waals surface area contributed by atoms with Gasteiger partial charge in [0, 0.05) is 18.1 Å². The maximum absolute atomic E-state index is 14.0. The molecule has 3 rings (SSSR count). The van der Waals surface area contributed by atoms with Crippen LogP contribution < -0.4 is 9.62 Å². The van der Waals surface area contributed by atoms with Crippen molar-refractivity contribution in [2.75, 3.05) is 17.4 Å². The molecule has 0 bridgehead atoms. The van der Waals surface area contributed by atoms with E-state index in [4.69, 9.17) is 11.6 Å². The molecule has 2 amide bonds. The molecule has 1 unspecified atom stereocenters. The van der Waals surface area contributed by atoms with Gasteiger partial charge in [-0.15, -0.1) is 0 Å². The van der Waals surface area contributed by atoms with Gasteiger partial charge in [0.05, 0.1) is 10.6 Å². The van der Waals surface area contributed by atoms with Crippen molar-refractivity contribution >= 4 is 39.1 Å². The lowest BCUT2D eigenvalue weighted by Crippen LogP contribution is -2.51. The van der Waals surface area contributed by atoms with Gasteiger partial charge in [0.1, 0.15) is 12.6 Å². The molecule has 0 heterocycles. The summed E-state index contributed by atoms with van der Waals surface area (Å²) < 4.78 is 29.0. The second-order valence-electron chi connectivity index (χ2n) is 9.24. The van der Waals surface area contributed by atoms with E-state index in [1.165, 1.54) is 17.0 Å². The Morgan fingerprint density at radius 2 is 1.51 bits per heavy atom. The third-order valence-corrected chi connectivity index (χ3v) is 8.69. The topological polar surface area (TPSA) is 86.8 Å². The fraction of sp³-hybridized carbons (Fsp3) is 0.333. The molecule has 0 aliphatic carbocycles. The number of hydrogen-bond acceptors (Lipinski definition) is 4. The predicted octanol–water partition coefficient (Wildman–Crippen LogP) is 5.43. The monoisotopic (exact) mass is 569 g/mol. The number of rotatable bonds is 13. The van der Waals surface area contributed by atoms with Gasteiger partial charge in [-0.25, -0.2) is 8.42 Å². The Morgan fingerprint density at radius 3 is 2.15 bits per heavy atom. The highest BCUT2D eigenvalue weighted by molar-refractivity contribution is 7.92. The summed E-state index contributed by atoms with van der Waals surface area (Å²) in [5, 5.41) is 3.34. The number of carbonyl (C=O) groups is 2. The smallest absolute Gasteiger partial charge is 0.264 e. The Bertz CT molecular complexity index is 1370. The molecule has 208 valence electrons. The van der Waals surface area contributed by atoms with Crippen LogP contribution in [0.4, 0.5) is 5.69 Å². The fourth-order valence-corrected chi connectivity index (χ4v) is 5.88. The Labute approximate surface area is 236 Å². The minimum absolute atomic E-state index is 0.0511. The molecule has 0 radical (unpaired) electrons. The number of anilines is 1. The largest absolute Gasteiger partial charge is 0.354 e. The first kappa shape index (κ1) is 30.2. The number of hydrogen-bond donors (Lipinski definition) is 1. The summed E-state index contributed by atoms with van der Waals surface area (Å²) in [6, 6.07) is 21.4. The first-order chi connectivity index (χ1) is 18.7. The number of unbranched alkanes of at least 4 members (excludes halogenated alkanes) is 1. The van der Waals surface area contributed by atoms with Gasteiger partial charge in [-0.05, 0) is 55.2 Å². The van der Waals surface area contributed by atoms with E-state index >= 15 is 0 Å². The number of nitrogens with one attached hydrogen (secondary N) is 1. The zero-order valence-corrected chi connectivity index (χ0v) is 24.2. The van der Waals surface area contributed by atoms with Crippen LogP contribution in [0, 0.1) is 0 Å². The molecule has 0 aliphatic rings. The Balaban J connectivity index is 2.03. The Kier molecular flexibility index (Phi) is 10.9. The van der Waals surface area contributed by atoms with Gasteiger partial charge in [0.25, 0.3) is 10.0 Å². The number of nitrogens with zero attached hydrogens (tertiary/aromatic N) is 2. The number of carbonyl (C=O) groups excluding carboxylic acids is 2.